The van der Waals surface area contributed by atoms with Gasteiger partial charge < -0.3 is 15.4 Å². The lowest BCUT2D eigenvalue weighted by molar-refractivity contribution is -0.135. The van der Waals surface area contributed by atoms with Gasteiger partial charge in [-0.05, 0) is 50.2 Å². The van der Waals surface area contributed by atoms with Crippen molar-refractivity contribution in [1.82, 2.24) is 0 Å². The highest BCUT2D eigenvalue weighted by atomic mass is 35.5. The number of halogens is 1. The van der Waals surface area contributed by atoms with Crippen LogP contribution in [-0.4, -0.2) is 18.9 Å². The molecular formula is C18H19ClN2O3. The maximum absolute atomic E-state index is 12.5. The summed E-state index contributed by atoms with van der Waals surface area (Å²) >= 11 is 5.82. The summed E-state index contributed by atoms with van der Waals surface area (Å²) in [5.74, 6) is -0.324. The summed E-state index contributed by atoms with van der Waals surface area (Å²) in [6.07, 6.45) is 0. The van der Waals surface area contributed by atoms with Crippen molar-refractivity contribution >= 4 is 34.8 Å². The molecule has 5 nitrogen and oxygen atoms in total. The summed E-state index contributed by atoms with van der Waals surface area (Å²) in [4.78, 5) is 25.0. The fourth-order valence-corrected chi connectivity index (χ4v) is 2.08. The van der Waals surface area contributed by atoms with Crippen LogP contribution in [0.5, 0.6) is 5.75 Å². The summed E-state index contributed by atoms with van der Waals surface area (Å²) in [7, 11) is 1.52. The maximum atomic E-state index is 12.5. The SMILES string of the molecule is COc1ccccc1NC(=O)C(C)(C)C(=O)Nc1ccc(Cl)cc1. The molecule has 2 aromatic carbocycles. The lowest BCUT2D eigenvalue weighted by atomic mass is 9.90. The Bertz CT molecular complexity index is 742. The minimum absolute atomic E-state index is 0.419. The molecule has 0 saturated heterocycles. The number of ether oxygens (including phenoxy) is 1. The lowest BCUT2D eigenvalue weighted by Gasteiger charge is -2.23. The first kappa shape index (κ1) is 17.8. The Morgan fingerprint density at radius 3 is 2.17 bits per heavy atom. The van der Waals surface area contributed by atoms with Crippen molar-refractivity contribution < 1.29 is 14.3 Å². The Morgan fingerprint density at radius 2 is 1.54 bits per heavy atom. The molecule has 24 heavy (non-hydrogen) atoms. The minimum atomic E-state index is -1.28. The second kappa shape index (κ2) is 7.36. The van der Waals surface area contributed by atoms with Crippen LogP contribution in [0.15, 0.2) is 48.5 Å². The van der Waals surface area contributed by atoms with Gasteiger partial charge in [0.25, 0.3) is 0 Å². The Morgan fingerprint density at radius 1 is 0.958 bits per heavy atom. The Balaban J connectivity index is 2.11. The van der Waals surface area contributed by atoms with Crippen molar-refractivity contribution in [2.45, 2.75) is 13.8 Å². The third-order valence-corrected chi connectivity index (χ3v) is 3.84. The fourth-order valence-electron chi connectivity index (χ4n) is 1.95. The summed E-state index contributed by atoms with van der Waals surface area (Å²) in [5.41, 5.74) is -0.194. The van der Waals surface area contributed by atoms with Crippen LogP contribution in [0, 0.1) is 5.41 Å². The van der Waals surface area contributed by atoms with Gasteiger partial charge in [-0.1, -0.05) is 23.7 Å². The van der Waals surface area contributed by atoms with E-state index >= 15 is 0 Å². The van der Waals surface area contributed by atoms with Crippen molar-refractivity contribution in [2.75, 3.05) is 17.7 Å². The Hall–Kier alpha value is -2.53. The van der Waals surface area contributed by atoms with E-state index in [-0.39, 0.29) is 0 Å². The largest absolute Gasteiger partial charge is 0.495 e. The topological polar surface area (TPSA) is 67.4 Å². The summed E-state index contributed by atoms with van der Waals surface area (Å²) < 4.78 is 5.20. The zero-order valence-electron chi connectivity index (χ0n) is 13.7. The molecule has 2 rings (SSSR count). The molecule has 2 aromatic rings. The van der Waals surface area contributed by atoms with Crippen LogP contribution in [0.4, 0.5) is 11.4 Å². The van der Waals surface area contributed by atoms with E-state index in [9.17, 15) is 9.59 Å². The van der Waals surface area contributed by atoms with Gasteiger partial charge in [-0.3, -0.25) is 9.59 Å². The third-order valence-electron chi connectivity index (χ3n) is 3.59. The van der Waals surface area contributed by atoms with Gasteiger partial charge in [0.15, 0.2) is 0 Å². The normalized spacial score (nSPS) is 10.8. The molecule has 2 amide bonds. The first-order valence-electron chi connectivity index (χ1n) is 7.36. The van der Waals surface area contributed by atoms with Gasteiger partial charge in [0.1, 0.15) is 11.2 Å². The van der Waals surface area contributed by atoms with Crippen LogP contribution >= 0.6 is 11.6 Å². The molecule has 0 spiro atoms. The summed E-state index contributed by atoms with van der Waals surface area (Å²) in [6, 6.07) is 13.7. The molecule has 0 unspecified atom stereocenters. The average Bonchev–Trinajstić information content (AvgIpc) is 2.57. The first-order valence-corrected chi connectivity index (χ1v) is 7.74. The highest BCUT2D eigenvalue weighted by molar-refractivity contribution is 6.30. The van der Waals surface area contributed by atoms with Gasteiger partial charge in [-0.2, -0.15) is 0 Å². The maximum Gasteiger partial charge on any atom is 0.239 e. The molecule has 0 radical (unpaired) electrons. The smallest absolute Gasteiger partial charge is 0.239 e. The fraction of sp³-hybridized carbons (Fsp3) is 0.222. The van der Waals surface area contributed by atoms with E-state index in [1.807, 2.05) is 0 Å². The molecule has 0 fully saturated rings. The van der Waals surface area contributed by atoms with Gasteiger partial charge >= 0.3 is 0 Å². The quantitative estimate of drug-likeness (QED) is 0.805. The van der Waals surface area contributed by atoms with Crippen LogP contribution in [0.2, 0.25) is 5.02 Å². The number of methoxy groups -OCH3 is 1. The molecule has 0 atom stereocenters. The van der Waals surface area contributed by atoms with Gasteiger partial charge in [0.05, 0.1) is 12.8 Å². The van der Waals surface area contributed by atoms with Crippen molar-refractivity contribution in [3.63, 3.8) is 0 Å². The number of rotatable bonds is 5. The lowest BCUT2D eigenvalue weighted by Crippen LogP contribution is -2.41. The predicted molar refractivity (Wildman–Crippen MR) is 95.5 cm³/mol. The molecule has 0 aliphatic carbocycles. The van der Waals surface area contributed by atoms with Crippen LogP contribution in [0.1, 0.15) is 13.8 Å². The number of amides is 2. The first-order chi connectivity index (χ1) is 11.3. The van der Waals surface area contributed by atoms with Crippen molar-refractivity contribution in [2.24, 2.45) is 5.41 Å². The standard InChI is InChI=1S/C18H19ClN2O3/c1-18(2,16(22)20-13-10-8-12(19)9-11-13)17(23)21-14-6-4-5-7-15(14)24-3/h4-11H,1-3H3,(H,20,22)(H,21,23). The number of hydrogen-bond donors (Lipinski definition) is 2. The number of para-hydroxylation sites is 2. The highest BCUT2D eigenvalue weighted by Crippen LogP contribution is 2.27. The van der Waals surface area contributed by atoms with E-state index in [2.05, 4.69) is 10.6 Å². The number of nitrogens with one attached hydrogen (secondary N) is 2. The molecule has 0 saturated carbocycles. The third kappa shape index (κ3) is 4.06. The Labute approximate surface area is 146 Å². The van der Waals surface area contributed by atoms with E-state index in [0.29, 0.717) is 22.1 Å². The minimum Gasteiger partial charge on any atom is -0.495 e. The predicted octanol–water partition coefficient (Wildman–Crippen LogP) is 3.95. The number of benzene rings is 2. The number of anilines is 2. The van der Waals surface area contributed by atoms with E-state index in [1.165, 1.54) is 7.11 Å². The molecule has 0 aliphatic rings. The number of carbonyl (C=O) groups is 2. The number of hydrogen-bond acceptors (Lipinski definition) is 3. The average molecular weight is 347 g/mol. The summed E-state index contributed by atoms with van der Waals surface area (Å²) in [5, 5.41) is 6.02. The van der Waals surface area contributed by atoms with E-state index in [1.54, 1.807) is 62.4 Å². The van der Waals surface area contributed by atoms with Gasteiger partial charge in [0.2, 0.25) is 11.8 Å². The van der Waals surface area contributed by atoms with Crippen molar-refractivity contribution in [3.05, 3.63) is 53.6 Å². The van der Waals surface area contributed by atoms with Crippen LogP contribution in [0.25, 0.3) is 0 Å². The van der Waals surface area contributed by atoms with E-state index < -0.39 is 17.2 Å². The molecule has 2 N–H and O–H groups in total. The monoisotopic (exact) mass is 346 g/mol. The molecule has 6 heteroatoms. The highest BCUT2D eigenvalue weighted by Gasteiger charge is 2.36. The molecule has 126 valence electrons. The van der Waals surface area contributed by atoms with Gasteiger partial charge in [0, 0.05) is 10.7 Å². The number of carbonyl (C=O) groups excluding carboxylic acids is 2. The second-order valence-electron chi connectivity index (χ2n) is 5.74. The van der Waals surface area contributed by atoms with Crippen LogP contribution in [-0.2, 0) is 9.59 Å². The molecule has 0 heterocycles. The van der Waals surface area contributed by atoms with Crippen molar-refractivity contribution in [1.29, 1.82) is 0 Å². The van der Waals surface area contributed by atoms with E-state index in [0.717, 1.165) is 0 Å². The van der Waals surface area contributed by atoms with Crippen molar-refractivity contribution in [3.8, 4) is 5.75 Å². The Kier molecular flexibility index (Phi) is 5.46. The molecule has 0 aliphatic heterocycles. The zero-order valence-corrected chi connectivity index (χ0v) is 14.5. The summed E-state index contributed by atoms with van der Waals surface area (Å²) in [6.45, 7) is 3.12. The van der Waals surface area contributed by atoms with Gasteiger partial charge in [-0.15, -0.1) is 0 Å². The van der Waals surface area contributed by atoms with Crippen LogP contribution < -0.4 is 15.4 Å². The zero-order chi connectivity index (χ0) is 17.7. The molecule has 0 bridgehead atoms. The van der Waals surface area contributed by atoms with Crippen LogP contribution in [0.3, 0.4) is 0 Å². The van der Waals surface area contributed by atoms with E-state index in [4.69, 9.17) is 16.3 Å². The molecular weight excluding hydrogens is 328 g/mol. The van der Waals surface area contributed by atoms with Gasteiger partial charge in [-0.25, -0.2) is 0 Å². The second-order valence-corrected chi connectivity index (χ2v) is 6.18. The molecule has 0 aromatic heterocycles.